The zero-order chi connectivity index (χ0) is 9.38. The monoisotopic (exact) mass is 178 g/mol. The molecule has 3 rings (SSSR count). The van der Waals surface area contributed by atoms with E-state index in [0.29, 0.717) is 0 Å². The Labute approximate surface area is 82.0 Å². The molecule has 0 unspecified atom stereocenters. The molecule has 0 atom stereocenters. The van der Waals surface area contributed by atoms with Gasteiger partial charge >= 0.3 is 0 Å². The van der Waals surface area contributed by atoms with E-state index in [1.807, 2.05) is 18.2 Å². The van der Waals surface area contributed by atoms with Crippen molar-refractivity contribution in [1.82, 2.24) is 4.98 Å². The van der Waals surface area contributed by atoms with Gasteiger partial charge in [-0.3, -0.25) is 0 Å². The van der Waals surface area contributed by atoms with Gasteiger partial charge in [0.15, 0.2) is 0 Å². The van der Waals surface area contributed by atoms with Crippen LogP contribution in [0.25, 0.3) is 21.7 Å². The van der Waals surface area contributed by atoms with Gasteiger partial charge in [0, 0.05) is 5.39 Å². The lowest BCUT2D eigenvalue weighted by molar-refractivity contribution is 1.40. The number of hydrogen-bond acceptors (Lipinski definition) is 1. The van der Waals surface area contributed by atoms with Crippen molar-refractivity contribution in [1.29, 1.82) is 0 Å². The second-order valence-electron chi connectivity index (χ2n) is 3.33. The molecule has 1 heterocycles. The van der Waals surface area contributed by atoms with Crippen molar-refractivity contribution in [2.24, 2.45) is 0 Å². The zero-order valence-electron chi connectivity index (χ0n) is 7.57. The summed E-state index contributed by atoms with van der Waals surface area (Å²) < 4.78 is 0. The van der Waals surface area contributed by atoms with Gasteiger partial charge in [-0.25, -0.2) is 4.98 Å². The van der Waals surface area contributed by atoms with Gasteiger partial charge in [-0.2, -0.15) is 0 Å². The summed E-state index contributed by atoms with van der Waals surface area (Å²) in [4.78, 5) is 4.21. The van der Waals surface area contributed by atoms with Crippen LogP contribution >= 0.6 is 0 Å². The Morgan fingerprint density at radius 1 is 0.857 bits per heavy atom. The molecule has 0 spiro atoms. The maximum atomic E-state index is 4.21. The van der Waals surface area contributed by atoms with Crippen LogP contribution < -0.4 is 0 Å². The molecule has 1 heteroatoms. The Morgan fingerprint density at radius 3 is 2.50 bits per heavy atom. The van der Waals surface area contributed by atoms with Gasteiger partial charge in [-0.15, -0.1) is 0 Å². The number of rotatable bonds is 0. The Kier molecular flexibility index (Phi) is 1.51. The van der Waals surface area contributed by atoms with Gasteiger partial charge < -0.3 is 0 Å². The highest BCUT2D eigenvalue weighted by molar-refractivity contribution is 5.96. The number of fused-ring (bicyclic) bond motifs is 2. The van der Waals surface area contributed by atoms with Crippen LogP contribution in [0, 0.1) is 6.20 Å². The van der Waals surface area contributed by atoms with E-state index in [0.717, 1.165) is 5.52 Å². The van der Waals surface area contributed by atoms with Crippen LogP contribution in [0.1, 0.15) is 0 Å². The summed E-state index contributed by atoms with van der Waals surface area (Å²) in [6, 6.07) is 16.4. The normalized spacial score (nSPS) is 10.9. The summed E-state index contributed by atoms with van der Waals surface area (Å²) in [5.41, 5.74) is 1.01. The highest BCUT2D eigenvalue weighted by Gasteiger charge is 1.96. The molecule has 65 valence electrons. The lowest BCUT2D eigenvalue weighted by atomic mass is 10.1. The summed E-state index contributed by atoms with van der Waals surface area (Å²) >= 11 is 0. The molecule has 1 radical (unpaired) electrons. The third-order valence-electron chi connectivity index (χ3n) is 2.42. The van der Waals surface area contributed by atoms with Crippen molar-refractivity contribution >= 4 is 21.7 Å². The van der Waals surface area contributed by atoms with E-state index >= 15 is 0 Å². The van der Waals surface area contributed by atoms with Crippen LogP contribution in [0.3, 0.4) is 0 Å². The quantitative estimate of drug-likeness (QED) is 0.482. The molecule has 0 saturated heterocycles. The SMILES string of the molecule is [c]1ccc2cc3ccccc3cc2n1. The van der Waals surface area contributed by atoms with E-state index in [-0.39, 0.29) is 0 Å². The maximum Gasteiger partial charge on any atom is 0.0894 e. The van der Waals surface area contributed by atoms with E-state index in [2.05, 4.69) is 41.5 Å². The average molecular weight is 178 g/mol. The molecule has 0 fully saturated rings. The van der Waals surface area contributed by atoms with Crippen LogP contribution in [0.2, 0.25) is 0 Å². The molecule has 1 nitrogen and oxygen atoms in total. The van der Waals surface area contributed by atoms with Crippen molar-refractivity contribution in [3.8, 4) is 0 Å². The molecule has 0 N–H and O–H groups in total. The summed E-state index contributed by atoms with van der Waals surface area (Å²) in [6.45, 7) is 0. The number of benzene rings is 2. The number of hydrogen-bond donors (Lipinski definition) is 0. The molecule has 0 bridgehead atoms. The number of pyridine rings is 1. The summed E-state index contributed by atoms with van der Waals surface area (Å²) in [5.74, 6) is 0. The van der Waals surface area contributed by atoms with E-state index in [1.54, 1.807) is 0 Å². The van der Waals surface area contributed by atoms with Gasteiger partial charge in [0.05, 0.1) is 11.7 Å². The standard InChI is InChI=1S/C13H8N/c1-2-5-11-9-13-12(6-3-7-14-13)8-10(11)4-1/h1-6,8-9H. The maximum absolute atomic E-state index is 4.21. The van der Waals surface area contributed by atoms with E-state index in [9.17, 15) is 0 Å². The van der Waals surface area contributed by atoms with Crippen molar-refractivity contribution < 1.29 is 0 Å². The minimum absolute atomic E-state index is 1.01. The van der Waals surface area contributed by atoms with Crippen LogP contribution in [-0.2, 0) is 0 Å². The van der Waals surface area contributed by atoms with E-state index < -0.39 is 0 Å². The van der Waals surface area contributed by atoms with Gasteiger partial charge in [-0.05, 0) is 29.0 Å². The molecular formula is C13H8N. The van der Waals surface area contributed by atoms with Crippen LogP contribution in [0.15, 0.2) is 48.5 Å². The smallest absolute Gasteiger partial charge is 0.0894 e. The van der Waals surface area contributed by atoms with E-state index in [4.69, 9.17) is 0 Å². The molecular weight excluding hydrogens is 170 g/mol. The topological polar surface area (TPSA) is 12.9 Å². The minimum atomic E-state index is 1.01. The van der Waals surface area contributed by atoms with Gasteiger partial charge in [0.2, 0.25) is 0 Å². The fourth-order valence-corrected chi connectivity index (χ4v) is 1.71. The fourth-order valence-electron chi connectivity index (χ4n) is 1.71. The first-order valence-electron chi connectivity index (χ1n) is 4.59. The molecule has 1 aromatic heterocycles. The van der Waals surface area contributed by atoms with Gasteiger partial charge in [0.25, 0.3) is 0 Å². The van der Waals surface area contributed by atoms with Gasteiger partial charge in [0.1, 0.15) is 0 Å². The second kappa shape index (κ2) is 2.81. The Balaban J connectivity index is 2.52. The first kappa shape index (κ1) is 7.51. The summed E-state index contributed by atoms with van der Waals surface area (Å²) in [7, 11) is 0. The molecule has 0 aliphatic carbocycles. The molecule has 3 aromatic rings. The summed E-state index contributed by atoms with van der Waals surface area (Å²) in [6.07, 6.45) is 2.85. The van der Waals surface area contributed by atoms with Crippen LogP contribution in [0.5, 0.6) is 0 Å². The molecule has 0 saturated carbocycles. The van der Waals surface area contributed by atoms with Gasteiger partial charge in [-0.1, -0.05) is 30.3 Å². The third kappa shape index (κ3) is 1.06. The van der Waals surface area contributed by atoms with Crippen molar-refractivity contribution in [3.05, 3.63) is 54.7 Å². The molecule has 0 aliphatic heterocycles. The second-order valence-corrected chi connectivity index (χ2v) is 3.33. The number of nitrogens with zero attached hydrogens (tertiary/aromatic N) is 1. The van der Waals surface area contributed by atoms with E-state index in [1.165, 1.54) is 16.2 Å². The lowest BCUT2D eigenvalue weighted by Crippen LogP contribution is -1.78. The Morgan fingerprint density at radius 2 is 1.64 bits per heavy atom. The number of aromatic nitrogens is 1. The Bertz CT molecular complexity index is 494. The third-order valence-corrected chi connectivity index (χ3v) is 2.42. The minimum Gasteiger partial charge on any atom is -0.246 e. The average Bonchev–Trinajstić information content (AvgIpc) is 2.26. The largest absolute Gasteiger partial charge is 0.246 e. The van der Waals surface area contributed by atoms with Crippen molar-refractivity contribution in [3.63, 3.8) is 0 Å². The molecule has 2 aromatic carbocycles. The lowest BCUT2D eigenvalue weighted by Gasteiger charge is -1.99. The molecule has 0 aliphatic rings. The van der Waals surface area contributed by atoms with Crippen LogP contribution in [-0.4, -0.2) is 4.98 Å². The predicted molar refractivity (Wildman–Crippen MR) is 58.1 cm³/mol. The first-order chi connectivity index (χ1) is 6.93. The molecule has 14 heavy (non-hydrogen) atoms. The molecule has 0 amide bonds. The zero-order valence-corrected chi connectivity index (χ0v) is 7.57. The predicted octanol–water partition coefficient (Wildman–Crippen LogP) is 3.19. The van der Waals surface area contributed by atoms with Crippen LogP contribution in [0.4, 0.5) is 0 Å². The highest BCUT2D eigenvalue weighted by Crippen LogP contribution is 2.20. The first-order valence-corrected chi connectivity index (χ1v) is 4.59. The van der Waals surface area contributed by atoms with Crippen molar-refractivity contribution in [2.45, 2.75) is 0 Å². The summed E-state index contributed by atoms with van der Waals surface area (Å²) in [5, 5.41) is 3.66. The fraction of sp³-hybridized carbons (Fsp3) is 0. The van der Waals surface area contributed by atoms with Crippen molar-refractivity contribution in [2.75, 3.05) is 0 Å². The highest BCUT2D eigenvalue weighted by atomic mass is 14.6. The Hall–Kier alpha value is -1.89.